The second-order valence-electron chi connectivity index (χ2n) is 3.99. The Balaban J connectivity index is 1.98. The lowest BCUT2D eigenvalue weighted by Gasteiger charge is -2.06. The first-order chi connectivity index (χ1) is 9.88. The van der Waals surface area contributed by atoms with Crippen LogP contribution in [0.2, 0.25) is 0 Å². The molecule has 0 aliphatic carbocycles. The van der Waals surface area contributed by atoms with E-state index >= 15 is 0 Å². The van der Waals surface area contributed by atoms with Crippen molar-refractivity contribution >= 4 is 12.6 Å². The first-order valence-corrected chi connectivity index (χ1v) is 6.67. The van der Waals surface area contributed by atoms with Gasteiger partial charge >= 0.3 is 0 Å². The number of hydrogen-bond donors (Lipinski definition) is 2. The molecule has 0 aliphatic rings. The number of hydrogen-bond acceptors (Lipinski definition) is 5. The molecule has 0 amide bonds. The highest BCUT2D eigenvalue weighted by molar-refractivity contribution is 7.80. The van der Waals surface area contributed by atoms with Crippen molar-refractivity contribution < 1.29 is 4.74 Å². The van der Waals surface area contributed by atoms with Gasteiger partial charge in [0.05, 0.1) is 17.5 Å². The van der Waals surface area contributed by atoms with Gasteiger partial charge in [-0.25, -0.2) is 9.97 Å². The molecule has 100 valence electrons. The van der Waals surface area contributed by atoms with Crippen LogP contribution in [0, 0.1) is 0 Å². The molecule has 0 fully saturated rings. The summed E-state index contributed by atoms with van der Waals surface area (Å²) in [6.45, 7) is 0. The number of nitrogens with one attached hydrogen (secondary N) is 1. The molecule has 0 unspecified atom stereocenters. The first kappa shape index (κ1) is 12.7. The highest BCUT2D eigenvalue weighted by Gasteiger charge is 2.11. The topological polar surface area (TPSA) is 63.7 Å². The van der Waals surface area contributed by atoms with Gasteiger partial charge in [-0.3, -0.25) is 4.98 Å². The summed E-state index contributed by atoms with van der Waals surface area (Å²) in [4.78, 5) is 16.0. The van der Waals surface area contributed by atoms with Crippen LogP contribution < -0.4 is 4.74 Å². The van der Waals surface area contributed by atoms with E-state index in [1.165, 1.54) is 0 Å². The minimum atomic E-state index is 0.269. The highest BCUT2D eigenvalue weighted by atomic mass is 32.1. The second-order valence-corrected chi connectivity index (χ2v) is 4.25. The van der Waals surface area contributed by atoms with Gasteiger partial charge in [0.25, 0.3) is 0 Å². The summed E-state index contributed by atoms with van der Waals surface area (Å²) < 4.78 is 5.40. The minimum Gasteiger partial charge on any atom is -0.466 e. The fourth-order valence-electron chi connectivity index (χ4n) is 1.86. The smallest absolute Gasteiger partial charge is 0.223 e. The Labute approximate surface area is 121 Å². The monoisotopic (exact) mass is 284 g/mol. The minimum absolute atomic E-state index is 0.269. The van der Waals surface area contributed by atoms with Gasteiger partial charge in [0.1, 0.15) is 11.6 Å². The number of nitrogens with zero attached hydrogens (tertiary/aromatic N) is 3. The molecule has 0 saturated heterocycles. The van der Waals surface area contributed by atoms with E-state index in [9.17, 15) is 0 Å². The molecule has 3 aromatic heterocycles. The van der Waals surface area contributed by atoms with Crippen LogP contribution in [0.25, 0.3) is 22.8 Å². The maximum Gasteiger partial charge on any atom is 0.223 e. The number of H-pyrrole nitrogens is 1. The van der Waals surface area contributed by atoms with E-state index in [1.54, 1.807) is 18.6 Å². The summed E-state index contributed by atoms with van der Waals surface area (Å²) in [5.74, 6) is 1.51. The van der Waals surface area contributed by atoms with Gasteiger partial charge in [-0.2, -0.15) is 0 Å². The average Bonchev–Trinajstić information content (AvgIpc) is 2.99. The third-order valence-electron chi connectivity index (χ3n) is 2.75. The van der Waals surface area contributed by atoms with Crippen LogP contribution in [0.1, 0.15) is 0 Å². The summed E-state index contributed by atoms with van der Waals surface area (Å²) in [6, 6.07) is 9.46. The molecule has 5 nitrogen and oxygen atoms in total. The number of pyridine rings is 2. The van der Waals surface area contributed by atoms with Crippen LogP contribution in [0.3, 0.4) is 0 Å². The second kappa shape index (κ2) is 5.75. The third-order valence-corrected chi connectivity index (χ3v) is 2.88. The fraction of sp³-hybridized carbons (Fsp3) is 0.0714. The van der Waals surface area contributed by atoms with Crippen LogP contribution in [0.4, 0.5) is 0 Å². The number of aromatic nitrogens is 4. The van der Waals surface area contributed by atoms with Gasteiger partial charge in [0, 0.05) is 12.4 Å². The van der Waals surface area contributed by atoms with Crippen LogP contribution in [0.5, 0.6) is 5.88 Å². The molecule has 0 atom stereocenters. The van der Waals surface area contributed by atoms with E-state index in [0.717, 1.165) is 17.0 Å². The standard InChI is InChI=1S/C14H12N4OS/c20-9-19-14-10(4-3-7-16-14)12-8-17-13(18-12)11-5-1-2-6-15-11/h1-8,20H,9H2,(H,17,18). The zero-order valence-electron chi connectivity index (χ0n) is 10.5. The number of rotatable bonds is 4. The summed E-state index contributed by atoms with van der Waals surface area (Å²) in [7, 11) is 0. The maximum atomic E-state index is 5.40. The van der Waals surface area contributed by atoms with Gasteiger partial charge in [-0.05, 0) is 24.3 Å². The molecular weight excluding hydrogens is 272 g/mol. The Hall–Kier alpha value is -2.34. The molecule has 0 aromatic carbocycles. The number of ether oxygens (including phenoxy) is 1. The van der Waals surface area contributed by atoms with Crippen molar-refractivity contribution in [2.75, 3.05) is 5.94 Å². The zero-order valence-corrected chi connectivity index (χ0v) is 11.4. The van der Waals surface area contributed by atoms with Crippen molar-refractivity contribution in [2.45, 2.75) is 0 Å². The predicted octanol–water partition coefficient (Wildman–Crippen LogP) is 2.80. The molecule has 0 saturated carbocycles. The van der Waals surface area contributed by atoms with Crippen molar-refractivity contribution in [1.29, 1.82) is 0 Å². The summed E-state index contributed by atoms with van der Waals surface area (Å²) in [5.41, 5.74) is 2.46. The van der Waals surface area contributed by atoms with Gasteiger partial charge in [-0.15, -0.1) is 12.6 Å². The van der Waals surface area contributed by atoms with Crippen molar-refractivity contribution in [1.82, 2.24) is 19.9 Å². The number of aromatic amines is 1. The molecule has 0 radical (unpaired) electrons. The largest absolute Gasteiger partial charge is 0.466 e. The molecule has 20 heavy (non-hydrogen) atoms. The molecule has 0 spiro atoms. The Bertz CT molecular complexity index is 699. The third kappa shape index (κ3) is 2.50. The van der Waals surface area contributed by atoms with Gasteiger partial charge in [0.2, 0.25) is 5.88 Å². The summed E-state index contributed by atoms with van der Waals surface area (Å²) in [6.07, 6.45) is 5.15. The Morgan fingerprint density at radius 3 is 2.75 bits per heavy atom. The molecule has 0 bridgehead atoms. The Kier molecular flexibility index (Phi) is 3.64. The molecule has 1 N–H and O–H groups in total. The zero-order chi connectivity index (χ0) is 13.8. The van der Waals surface area contributed by atoms with E-state index < -0.39 is 0 Å². The molecule has 3 heterocycles. The lowest BCUT2D eigenvalue weighted by Crippen LogP contribution is -1.95. The van der Waals surface area contributed by atoms with Crippen LogP contribution in [-0.2, 0) is 0 Å². The Morgan fingerprint density at radius 2 is 1.95 bits per heavy atom. The van der Waals surface area contributed by atoms with Crippen molar-refractivity contribution in [3.8, 4) is 28.7 Å². The molecule has 6 heteroatoms. The lowest BCUT2D eigenvalue weighted by atomic mass is 10.2. The molecular formula is C14H12N4OS. The SMILES string of the molecule is SCOc1ncccc1-c1cnc(-c2ccccn2)[nH]1. The lowest BCUT2D eigenvalue weighted by molar-refractivity contribution is 0.380. The van der Waals surface area contributed by atoms with Crippen molar-refractivity contribution in [2.24, 2.45) is 0 Å². The van der Waals surface area contributed by atoms with Crippen molar-refractivity contribution in [3.63, 3.8) is 0 Å². The highest BCUT2D eigenvalue weighted by Crippen LogP contribution is 2.27. The number of thiol groups is 1. The summed E-state index contributed by atoms with van der Waals surface area (Å²) in [5, 5.41) is 0. The van der Waals surface area contributed by atoms with Gasteiger partial charge < -0.3 is 9.72 Å². The van der Waals surface area contributed by atoms with Crippen LogP contribution in [0.15, 0.2) is 48.9 Å². The van der Waals surface area contributed by atoms with Crippen molar-refractivity contribution in [3.05, 3.63) is 48.9 Å². The van der Waals surface area contributed by atoms with E-state index in [0.29, 0.717) is 11.7 Å². The van der Waals surface area contributed by atoms with E-state index in [2.05, 4.69) is 32.6 Å². The fourth-order valence-corrected chi connectivity index (χ4v) is 1.99. The van der Waals surface area contributed by atoms with E-state index in [4.69, 9.17) is 4.74 Å². The van der Waals surface area contributed by atoms with Gasteiger partial charge in [-0.1, -0.05) is 6.07 Å². The summed E-state index contributed by atoms with van der Waals surface area (Å²) >= 11 is 4.06. The van der Waals surface area contributed by atoms with E-state index in [1.807, 2.05) is 30.3 Å². The Morgan fingerprint density at radius 1 is 1.05 bits per heavy atom. The van der Waals surface area contributed by atoms with Crippen LogP contribution in [-0.4, -0.2) is 25.9 Å². The normalized spacial score (nSPS) is 10.4. The quantitative estimate of drug-likeness (QED) is 0.571. The van der Waals surface area contributed by atoms with Gasteiger partial charge in [0.15, 0.2) is 5.82 Å². The number of imidazole rings is 1. The molecule has 3 aromatic rings. The predicted molar refractivity (Wildman–Crippen MR) is 79.5 cm³/mol. The van der Waals surface area contributed by atoms with E-state index in [-0.39, 0.29) is 5.94 Å². The molecule has 0 aliphatic heterocycles. The maximum absolute atomic E-state index is 5.40. The molecule has 3 rings (SSSR count). The van der Waals surface area contributed by atoms with Crippen LogP contribution >= 0.6 is 12.6 Å². The average molecular weight is 284 g/mol. The first-order valence-electron chi connectivity index (χ1n) is 6.04.